The van der Waals surface area contributed by atoms with Gasteiger partial charge in [0, 0.05) is 18.3 Å². The highest BCUT2D eigenvalue weighted by atomic mass is 19.1. The van der Waals surface area contributed by atoms with Crippen molar-refractivity contribution in [2.24, 2.45) is 5.92 Å². The van der Waals surface area contributed by atoms with Crippen LogP contribution in [0.2, 0.25) is 0 Å². The zero-order valence-corrected chi connectivity index (χ0v) is 11.8. The van der Waals surface area contributed by atoms with Crippen molar-refractivity contribution < 1.29 is 23.8 Å². The van der Waals surface area contributed by atoms with E-state index in [-0.39, 0.29) is 17.4 Å². The molecule has 1 saturated heterocycles. The highest BCUT2D eigenvalue weighted by molar-refractivity contribution is 5.92. The Labute approximate surface area is 121 Å². The van der Waals surface area contributed by atoms with Crippen LogP contribution in [0, 0.1) is 11.7 Å². The minimum absolute atomic E-state index is 0.0752. The van der Waals surface area contributed by atoms with Crippen molar-refractivity contribution in [1.29, 1.82) is 0 Å². The molecular formula is C14H17FN2O4. The van der Waals surface area contributed by atoms with Crippen LogP contribution in [0.3, 0.4) is 0 Å². The third-order valence-corrected chi connectivity index (χ3v) is 3.62. The van der Waals surface area contributed by atoms with Gasteiger partial charge in [-0.2, -0.15) is 0 Å². The molecule has 7 heteroatoms. The summed E-state index contributed by atoms with van der Waals surface area (Å²) in [5.41, 5.74) is 0.252. The summed E-state index contributed by atoms with van der Waals surface area (Å²) in [6.45, 7) is 2.15. The standard InChI is InChI=1S/C14H17FN2O4/c1-8-5-6-17(12(8)13(18)19)14(20)16-9-3-4-11(21-2)10(15)7-9/h3-4,7-8,12H,5-6H2,1-2H3,(H,16,20)(H,18,19). The van der Waals surface area contributed by atoms with Gasteiger partial charge in [-0.05, 0) is 24.5 Å². The van der Waals surface area contributed by atoms with Crippen LogP contribution in [-0.4, -0.2) is 41.7 Å². The number of rotatable bonds is 3. The SMILES string of the molecule is COc1ccc(NC(=O)N2CCC(C)C2C(=O)O)cc1F. The van der Waals surface area contributed by atoms with Gasteiger partial charge in [-0.25, -0.2) is 14.0 Å². The second kappa shape index (κ2) is 5.99. The highest BCUT2D eigenvalue weighted by Crippen LogP contribution is 2.26. The molecule has 21 heavy (non-hydrogen) atoms. The summed E-state index contributed by atoms with van der Waals surface area (Å²) >= 11 is 0. The number of anilines is 1. The molecule has 1 fully saturated rings. The van der Waals surface area contributed by atoms with Gasteiger partial charge in [0.15, 0.2) is 11.6 Å². The zero-order valence-electron chi connectivity index (χ0n) is 11.8. The van der Waals surface area contributed by atoms with Crippen LogP contribution in [0.25, 0.3) is 0 Å². The highest BCUT2D eigenvalue weighted by Gasteiger charge is 2.39. The van der Waals surface area contributed by atoms with Gasteiger partial charge in [-0.1, -0.05) is 6.92 Å². The number of nitrogens with zero attached hydrogens (tertiary/aromatic N) is 1. The molecule has 0 radical (unpaired) electrons. The van der Waals surface area contributed by atoms with Gasteiger partial charge in [-0.3, -0.25) is 0 Å². The van der Waals surface area contributed by atoms with Gasteiger partial charge >= 0.3 is 12.0 Å². The van der Waals surface area contributed by atoms with Crippen LogP contribution >= 0.6 is 0 Å². The predicted octanol–water partition coefficient (Wildman–Crippen LogP) is 2.16. The van der Waals surface area contributed by atoms with E-state index in [0.717, 1.165) is 6.07 Å². The van der Waals surface area contributed by atoms with Gasteiger partial charge in [0.25, 0.3) is 0 Å². The first-order chi connectivity index (χ1) is 9.93. The molecule has 0 spiro atoms. The van der Waals surface area contributed by atoms with E-state index in [4.69, 9.17) is 4.74 Å². The largest absolute Gasteiger partial charge is 0.494 e. The third-order valence-electron chi connectivity index (χ3n) is 3.62. The summed E-state index contributed by atoms with van der Waals surface area (Å²) in [5, 5.41) is 11.7. The molecule has 114 valence electrons. The molecule has 0 aromatic heterocycles. The van der Waals surface area contributed by atoms with E-state index < -0.39 is 23.9 Å². The maximum absolute atomic E-state index is 13.6. The number of benzene rings is 1. The van der Waals surface area contributed by atoms with Crippen molar-refractivity contribution in [3.63, 3.8) is 0 Å². The molecule has 1 aliphatic rings. The number of carbonyl (C=O) groups excluding carboxylic acids is 1. The maximum Gasteiger partial charge on any atom is 0.326 e. The number of hydrogen-bond donors (Lipinski definition) is 2. The molecule has 1 aromatic carbocycles. The Bertz CT molecular complexity index is 564. The van der Waals surface area contributed by atoms with Gasteiger partial charge in [0.05, 0.1) is 7.11 Å². The first-order valence-corrected chi connectivity index (χ1v) is 6.58. The van der Waals surface area contributed by atoms with Crippen molar-refractivity contribution >= 4 is 17.7 Å². The lowest BCUT2D eigenvalue weighted by atomic mass is 10.0. The lowest BCUT2D eigenvalue weighted by Crippen LogP contribution is -2.44. The van der Waals surface area contributed by atoms with Crippen LogP contribution in [0.15, 0.2) is 18.2 Å². The lowest BCUT2D eigenvalue weighted by molar-refractivity contribution is -0.142. The first-order valence-electron chi connectivity index (χ1n) is 6.58. The smallest absolute Gasteiger partial charge is 0.326 e. The Balaban J connectivity index is 2.11. The van der Waals surface area contributed by atoms with E-state index in [1.54, 1.807) is 6.92 Å². The number of carboxylic acids is 1. The Hall–Kier alpha value is -2.31. The van der Waals surface area contributed by atoms with Crippen molar-refractivity contribution in [2.45, 2.75) is 19.4 Å². The summed E-state index contributed by atoms with van der Waals surface area (Å²) in [6.07, 6.45) is 0.626. The van der Waals surface area contributed by atoms with Crippen LogP contribution < -0.4 is 10.1 Å². The van der Waals surface area contributed by atoms with Crippen molar-refractivity contribution in [3.05, 3.63) is 24.0 Å². The number of carbonyl (C=O) groups is 2. The van der Waals surface area contributed by atoms with E-state index in [9.17, 15) is 19.1 Å². The molecule has 1 aromatic rings. The summed E-state index contributed by atoms with van der Waals surface area (Å²) in [5.74, 6) is -1.66. The number of methoxy groups -OCH3 is 1. The summed E-state index contributed by atoms with van der Waals surface area (Å²) < 4.78 is 18.4. The third kappa shape index (κ3) is 3.07. The molecule has 2 rings (SSSR count). The number of nitrogens with one attached hydrogen (secondary N) is 1. The van der Waals surface area contributed by atoms with E-state index in [1.165, 1.54) is 24.1 Å². The minimum atomic E-state index is -1.03. The molecule has 0 aliphatic carbocycles. The maximum atomic E-state index is 13.6. The number of urea groups is 1. The van der Waals surface area contributed by atoms with Crippen LogP contribution in [0.4, 0.5) is 14.9 Å². The normalized spacial score (nSPS) is 21.2. The fraction of sp³-hybridized carbons (Fsp3) is 0.429. The van der Waals surface area contributed by atoms with Crippen molar-refractivity contribution in [1.82, 2.24) is 4.90 Å². The molecule has 1 heterocycles. The van der Waals surface area contributed by atoms with Gasteiger partial charge < -0.3 is 20.1 Å². The van der Waals surface area contributed by atoms with Crippen LogP contribution in [-0.2, 0) is 4.79 Å². The minimum Gasteiger partial charge on any atom is -0.494 e. The topological polar surface area (TPSA) is 78.9 Å². The van der Waals surface area contributed by atoms with E-state index in [2.05, 4.69) is 5.32 Å². The molecule has 0 saturated carbocycles. The molecule has 1 aliphatic heterocycles. The molecule has 2 amide bonds. The Kier molecular flexibility index (Phi) is 4.30. The fourth-order valence-corrected chi connectivity index (χ4v) is 2.49. The summed E-state index contributed by atoms with van der Waals surface area (Å²) in [7, 11) is 1.35. The number of likely N-dealkylation sites (tertiary alicyclic amines) is 1. The zero-order chi connectivity index (χ0) is 15.6. The number of ether oxygens (including phenoxy) is 1. The van der Waals surface area contributed by atoms with Crippen LogP contribution in [0.5, 0.6) is 5.75 Å². The van der Waals surface area contributed by atoms with E-state index in [0.29, 0.717) is 13.0 Å². The lowest BCUT2D eigenvalue weighted by Gasteiger charge is -2.23. The predicted molar refractivity (Wildman–Crippen MR) is 73.9 cm³/mol. The number of hydrogen-bond acceptors (Lipinski definition) is 3. The van der Waals surface area contributed by atoms with Crippen molar-refractivity contribution in [2.75, 3.05) is 19.0 Å². The van der Waals surface area contributed by atoms with E-state index >= 15 is 0 Å². The molecule has 2 N–H and O–H groups in total. The second-order valence-corrected chi connectivity index (χ2v) is 5.02. The van der Waals surface area contributed by atoms with Crippen LogP contribution in [0.1, 0.15) is 13.3 Å². The number of halogens is 1. The van der Waals surface area contributed by atoms with Gasteiger partial charge in [0.1, 0.15) is 6.04 Å². The Morgan fingerprint density at radius 3 is 2.76 bits per heavy atom. The quantitative estimate of drug-likeness (QED) is 0.896. The monoisotopic (exact) mass is 296 g/mol. The van der Waals surface area contributed by atoms with Gasteiger partial charge in [0.2, 0.25) is 0 Å². The van der Waals surface area contributed by atoms with Crippen molar-refractivity contribution in [3.8, 4) is 5.75 Å². The van der Waals surface area contributed by atoms with Gasteiger partial charge in [-0.15, -0.1) is 0 Å². The number of amides is 2. The fourth-order valence-electron chi connectivity index (χ4n) is 2.49. The van der Waals surface area contributed by atoms with E-state index in [1.807, 2.05) is 0 Å². The average Bonchev–Trinajstić information content (AvgIpc) is 2.81. The molecule has 0 bridgehead atoms. The Morgan fingerprint density at radius 1 is 1.48 bits per heavy atom. The molecule has 2 atom stereocenters. The number of aliphatic carboxylic acids is 1. The molecule has 2 unspecified atom stereocenters. The summed E-state index contributed by atoms with van der Waals surface area (Å²) in [6, 6.07) is 2.62. The molecular weight excluding hydrogens is 279 g/mol. The first kappa shape index (κ1) is 15.1. The average molecular weight is 296 g/mol. The Morgan fingerprint density at radius 2 is 2.19 bits per heavy atom. The summed E-state index contributed by atoms with van der Waals surface area (Å²) in [4.78, 5) is 24.6. The molecule has 6 nitrogen and oxygen atoms in total. The number of carboxylic acid groups (broad SMARTS) is 1. The second-order valence-electron chi connectivity index (χ2n) is 5.02.